The first-order chi connectivity index (χ1) is 13.4. The number of rotatable bonds is 7. The van der Waals surface area contributed by atoms with Crippen molar-refractivity contribution in [2.24, 2.45) is 5.92 Å². The Morgan fingerprint density at radius 1 is 1.32 bits per heavy atom. The average molecular weight is 405 g/mol. The highest BCUT2D eigenvalue weighted by Crippen LogP contribution is 2.22. The minimum absolute atomic E-state index is 0.0370. The van der Waals surface area contributed by atoms with Crippen molar-refractivity contribution in [3.8, 4) is 0 Å². The zero-order valence-electron chi connectivity index (χ0n) is 16.4. The number of aromatic amines is 1. The van der Waals surface area contributed by atoms with Gasteiger partial charge in [0.25, 0.3) is 10.0 Å². The van der Waals surface area contributed by atoms with E-state index in [0.29, 0.717) is 38.3 Å². The number of amides is 1. The molecule has 1 aromatic heterocycles. The summed E-state index contributed by atoms with van der Waals surface area (Å²) in [6.07, 6.45) is 4.07. The Morgan fingerprint density at radius 2 is 2.07 bits per heavy atom. The van der Waals surface area contributed by atoms with E-state index in [9.17, 15) is 13.2 Å². The highest BCUT2D eigenvalue weighted by atomic mass is 32.2. The first-order valence-electron chi connectivity index (χ1n) is 9.74. The summed E-state index contributed by atoms with van der Waals surface area (Å²) >= 11 is 0. The summed E-state index contributed by atoms with van der Waals surface area (Å²) in [5, 5.41) is 3.11. The Kier molecular flexibility index (Phi) is 6.51. The molecule has 1 aliphatic heterocycles. The quantitative estimate of drug-likeness (QED) is 0.738. The number of benzene rings is 1. The van der Waals surface area contributed by atoms with Crippen LogP contribution in [0.5, 0.6) is 0 Å². The molecule has 0 bridgehead atoms. The molecule has 8 heteroatoms. The van der Waals surface area contributed by atoms with Gasteiger partial charge in [-0.1, -0.05) is 36.8 Å². The number of nitrogens with one attached hydrogen (secondary N) is 2. The lowest BCUT2D eigenvalue weighted by Gasteiger charge is -2.31. The smallest absolute Gasteiger partial charge is 0.260 e. The first-order valence-corrected chi connectivity index (χ1v) is 11.2. The van der Waals surface area contributed by atoms with Gasteiger partial charge < -0.3 is 10.3 Å². The third kappa shape index (κ3) is 4.99. The van der Waals surface area contributed by atoms with Crippen molar-refractivity contribution < 1.29 is 13.2 Å². The molecule has 1 aliphatic rings. The molecular weight excluding hydrogens is 376 g/mol. The van der Waals surface area contributed by atoms with Crippen molar-refractivity contribution in [3.63, 3.8) is 0 Å². The molecule has 7 nitrogen and oxygen atoms in total. The molecule has 28 heavy (non-hydrogen) atoms. The fraction of sp³-hybridized carbons (Fsp3) is 0.500. The van der Waals surface area contributed by atoms with E-state index >= 15 is 0 Å². The molecule has 0 spiro atoms. The van der Waals surface area contributed by atoms with E-state index in [4.69, 9.17) is 0 Å². The minimum Gasteiger partial charge on any atom is -0.355 e. The fourth-order valence-electron chi connectivity index (χ4n) is 3.42. The van der Waals surface area contributed by atoms with Crippen LogP contribution in [0.2, 0.25) is 0 Å². The minimum atomic E-state index is -3.57. The Bertz CT molecular complexity index is 906. The van der Waals surface area contributed by atoms with Gasteiger partial charge in [0.05, 0.1) is 12.6 Å². The van der Waals surface area contributed by atoms with Crippen molar-refractivity contribution in [1.82, 2.24) is 19.6 Å². The van der Waals surface area contributed by atoms with Crippen LogP contribution in [0.1, 0.15) is 36.7 Å². The fourth-order valence-corrected chi connectivity index (χ4v) is 4.90. The molecule has 2 heterocycles. The van der Waals surface area contributed by atoms with Gasteiger partial charge >= 0.3 is 0 Å². The van der Waals surface area contributed by atoms with Gasteiger partial charge in [-0.25, -0.2) is 13.4 Å². The second-order valence-corrected chi connectivity index (χ2v) is 9.29. The van der Waals surface area contributed by atoms with Crippen LogP contribution in [0, 0.1) is 12.8 Å². The summed E-state index contributed by atoms with van der Waals surface area (Å²) in [5.74, 6) is 0.736. The number of carbonyl (C=O) groups excluding carboxylic acids is 1. The van der Waals surface area contributed by atoms with Crippen molar-refractivity contribution in [2.75, 3.05) is 19.6 Å². The maximum Gasteiger partial charge on any atom is 0.260 e. The molecule has 1 unspecified atom stereocenters. The molecule has 0 saturated carbocycles. The number of carbonyl (C=O) groups is 1. The summed E-state index contributed by atoms with van der Waals surface area (Å²) in [4.78, 5) is 19.2. The molecule has 0 aliphatic carbocycles. The van der Waals surface area contributed by atoms with Crippen molar-refractivity contribution >= 4 is 15.9 Å². The predicted molar refractivity (Wildman–Crippen MR) is 107 cm³/mol. The molecule has 2 aromatic rings. The van der Waals surface area contributed by atoms with E-state index in [2.05, 4.69) is 15.3 Å². The number of nitrogens with zero attached hydrogens (tertiary/aromatic N) is 2. The molecule has 2 N–H and O–H groups in total. The van der Waals surface area contributed by atoms with Crippen LogP contribution in [-0.4, -0.2) is 48.2 Å². The normalized spacial score (nSPS) is 18.1. The largest absolute Gasteiger partial charge is 0.355 e. The summed E-state index contributed by atoms with van der Waals surface area (Å²) in [7, 11) is -3.57. The number of aryl methyl sites for hydroxylation is 2. The Labute approximate surface area is 166 Å². The Balaban J connectivity index is 1.54. The zero-order chi connectivity index (χ0) is 20.1. The summed E-state index contributed by atoms with van der Waals surface area (Å²) < 4.78 is 27.2. The summed E-state index contributed by atoms with van der Waals surface area (Å²) in [6.45, 7) is 5.33. The number of sulfonamides is 1. The lowest BCUT2D eigenvalue weighted by Crippen LogP contribution is -2.43. The maximum absolute atomic E-state index is 12.8. The van der Waals surface area contributed by atoms with Gasteiger partial charge in [0, 0.05) is 26.1 Å². The number of imidazole rings is 1. The van der Waals surface area contributed by atoms with Gasteiger partial charge in [-0.05, 0) is 31.2 Å². The van der Waals surface area contributed by atoms with E-state index in [1.54, 1.807) is 0 Å². The summed E-state index contributed by atoms with van der Waals surface area (Å²) in [5.41, 5.74) is 2.14. The van der Waals surface area contributed by atoms with Crippen LogP contribution in [0.3, 0.4) is 0 Å². The van der Waals surface area contributed by atoms with Gasteiger partial charge in [0.1, 0.15) is 5.82 Å². The zero-order valence-corrected chi connectivity index (χ0v) is 17.3. The van der Waals surface area contributed by atoms with E-state index in [1.165, 1.54) is 10.5 Å². The van der Waals surface area contributed by atoms with Gasteiger partial charge in [-0.2, -0.15) is 4.31 Å². The van der Waals surface area contributed by atoms with Gasteiger partial charge in [-0.15, -0.1) is 0 Å². The number of hydrogen-bond donors (Lipinski definition) is 2. The van der Waals surface area contributed by atoms with Crippen LogP contribution >= 0.6 is 0 Å². The van der Waals surface area contributed by atoms with Crippen molar-refractivity contribution in [1.29, 1.82) is 0 Å². The van der Waals surface area contributed by atoms with Crippen LogP contribution in [0.4, 0.5) is 0 Å². The number of piperidine rings is 1. The van der Waals surface area contributed by atoms with E-state index < -0.39 is 10.0 Å². The van der Waals surface area contributed by atoms with Gasteiger partial charge in [0.2, 0.25) is 5.91 Å². The first kappa shape index (κ1) is 20.5. The summed E-state index contributed by atoms with van der Waals surface area (Å²) in [6, 6.07) is 7.90. The topological polar surface area (TPSA) is 95.2 Å². The molecule has 1 saturated heterocycles. The molecule has 1 atom stereocenters. The number of H-pyrrole nitrogens is 1. The molecule has 1 amide bonds. The molecular formula is C20H28N4O3S. The van der Waals surface area contributed by atoms with Gasteiger partial charge in [0.15, 0.2) is 5.03 Å². The molecule has 0 radical (unpaired) electrons. The monoisotopic (exact) mass is 404 g/mol. The van der Waals surface area contributed by atoms with Crippen LogP contribution < -0.4 is 5.32 Å². The van der Waals surface area contributed by atoms with E-state index in [0.717, 1.165) is 24.0 Å². The SMILES string of the molecule is CCc1ncc(S(=O)(=O)N2CCCC(CNC(=O)Cc3ccc(C)cc3)C2)[nH]1. The third-order valence-electron chi connectivity index (χ3n) is 5.11. The lowest BCUT2D eigenvalue weighted by molar-refractivity contribution is -0.120. The van der Waals surface area contributed by atoms with Gasteiger partial charge in [-0.3, -0.25) is 4.79 Å². The Hall–Kier alpha value is -2.19. The molecule has 1 fully saturated rings. The average Bonchev–Trinajstić information content (AvgIpc) is 3.19. The number of hydrogen-bond acceptors (Lipinski definition) is 4. The van der Waals surface area contributed by atoms with Crippen molar-refractivity contribution in [3.05, 3.63) is 47.4 Å². The second kappa shape index (κ2) is 8.87. The molecule has 1 aromatic carbocycles. The highest BCUT2D eigenvalue weighted by Gasteiger charge is 2.31. The highest BCUT2D eigenvalue weighted by molar-refractivity contribution is 7.89. The van der Waals surface area contributed by atoms with Crippen molar-refractivity contribution in [2.45, 2.75) is 44.6 Å². The third-order valence-corrected chi connectivity index (χ3v) is 6.89. The second-order valence-electron chi connectivity index (χ2n) is 7.39. The molecule has 152 valence electrons. The number of aromatic nitrogens is 2. The molecule has 3 rings (SSSR count). The standard InChI is InChI=1S/C20H28N4O3S/c1-3-18-21-13-20(23-18)28(26,27)24-10-4-5-17(14-24)12-22-19(25)11-16-8-6-15(2)7-9-16/h6-9,13,17H,3-5,10-12,14H2,1-2H3,(H,21,23)(H,22,25). The van der Waals surface area contributed by atoms with Crippen LogP contribution in [-0.2, 0) is 27.7 Å². The van der Waals surface area contributed by atoms with Crippen LogP contribution in [0.15, 0.2) is 35.5 Å². The van der Waals surface area contributed by atoms with Crippen LogP contribution in [0.25, 0.3) is 0 Å². The van der Waals surface area contributed by atoms with E-state index in [-0.39, 0.29) is 16.9 Å². The Morgan fingerprint density at radius 3 is 2.75 bits per heavy atom. The lowest BCUT2D eigenvalue weighted by atomic mass is 9.99. The van der Waals surface area contributed by atoms with E-state index in [1.807, 2.05) is 38.1 Å². The maximum atomic E-state index is 12.8. The predicted octanol–water partition coefficient (Wildman–Crippen LogP) is 2.04.